The standard InChI is InChI=1S/C21H36N8O6/c22-16(30)8-7-14(20(34)35)28-18(32)15-6-3-11-29(15)19(33)13(5-2-10-26-21(23)24)27-17(31)12-4-1-9-25-12/h12-15,25H,1-11H2,(H2,22,30)(H,27,31)(H,28,32)(H,34,35)(H4,23,24,26). The Bertz CT molecular complexity index is 825. The van der Waals surface area contributed by atoms with E-state index in [1.807, 2.05) is 0 Å². The molecule has 196 valence electrons. The van der Waals surface area contributed by atoms with Crippen molar-refractivity contribution in [2.75, 3.05) is 19.6 Å². The number of primary amides is 1. The predicted molar refractivity (Wildman–Crippen MR) is 126 cm³/mol. The Balaban J connectivity index is 2.09. The number of carboxylic acids is 1. The Labute approximate surface area is 203 Å². The molecule has 0 aliphatic carbocycles. The van der Waals surface area contributed by atoms with Gasteiger partial charge in [0.05, 0.1) is 6.04 Å². The minimum atomic E-state index is -1.31. The zero-order chi connectivity index (χ0) is 26.0. The van der Waals surface area contributed by atoms with Gasteiger partial charge in [0.1, 0.15) is 18.1 Å². The lowest BCUT2D eigenvalue weighted by Gasteiger charge is -2.30. The first kappa shape index (κ1) is 27.8. The number of likely N-dealkylation sites (tertiary alicyclic amines) is 1. The van der Waals surface area contributed by atoms with Crippen LogP contribution < -0.4 is 33.2 Å². The maximum Gasteiger partial charge on any atom is 0.326 e. The van der Waals surface area contributed by atoms with Gasteiger partial charge < -0.3 is 43.2 Å². The molecule has 0 bridgehead atoms. The van der Waals surface area contributed by atoms with E-state index in [4.69, 9.17) is 17.2 Å². The van der Waals surface area contributed by atoms with Crippen LogP contribution in [0.5, 0.6) is 0 Å². The van der Waals surface area contributed by atoms with Crippen LogP contribution in [0.15, 0.2) is 4.99 Å². The summed E-state index contributed by atoms with van der Waals surface area (Å²) in [7, 11) is 0. The zero-order valence-corrected chi connectivity index (χ0v) is 19.7. The molecular weight excluding hydrogens is 460 g/mol. The van der Waals surface area contributed by atoms with Crippen LogP contribution in [0.1, 0.15) is 51.4 Å². The number of amides is 4. The van der Waals surface area contributed by atoms with Gasteiger partial charge in [-0.15, -0.1) is 0 Å². The molecule has 4 unspecified atom stereocenters. The van der Waals surface area contributed by atoms with Crippen molar-refractivity contribution >= 4 is 35.6 Å². The number of carbonyl (C=O) groups excluding carboxylic acids is 4. The molecule has 0 aromatic carbocycles. The third kappa shape index (κ3) is 8.70. The number of aliphatic imine (C=N–C) groups is 1. The van der Waals surface area contributed by atoms with E-state index in [0.717, 1.165) is 13.0 Å². The van der Waals surface area contributed by atoms with E-state index in [2.05, 4.69) is 20.9 Å². The average Bonchev–Trinajstić information content (AvgIpc) is 3.49. The summed E-state index contributed by atoms with van der Waals surface area (Å²) in [6.45, 7) is 1.28. The first-order valence-corrected chi connectivity index (χ1v) is 11.8. The fraction of sp³-hybridized carbons (Fsp3) is 0.714. The number of nitrogens with two attached hydrogens (primary N) is 3. The zero-order valence-electron chi connectivity index (χ0n) is 19.7. The van der Waals surface area contributed by atoms with E-state index in [-0.39, 0.29) is 50.3 Å². The molecule has 2 saturated heterocycles. The highest BCUT2D eigenvalue weighted by molar-refractivity contribution is 5.94. The van der Waals surface area contributed by atoms with E-state index >= 15 is 0 Å². The number of nitrogens with one attached hydrogen (secondary N) is 3. The average molecular weight is 497 g/mol. The molecule has 0 saturated carbocycles. The van der Waals surface area contributed by atoms with Gasteiger partial charge in [-0.25, -0.2) is 4.79 Å². The molecule has 2 rings (SSSR count). The number of nitrogens with zero attached hydrogens (tertiary/aromatic N) is 2. The summed E-state index contributed by atoms with van der Waals surface area (Å²) in [4.78, 5) is 66.8. The summed E-state index contributed by atoms with van der Waals surface area (Å²) in [5, 5.41) is 17.7. The van der Waals surface area contributed by atoms with E-state index < -0.39 is 41.8 Å². The van der Waals surface area contributed by atoms with Crippen LogP contribution in [-0.2, 0) is 24.0 Å². The second-order valence-electron chi connectivity index (χ2n) is 8.75. The molecule has 0 radical (unpaired) electrons. The quantitative estimate of drug-likeness (QED) is 0.0785. The normalized spacial score (nSPS) is 21.1. The largest absolute Gasteiger partial charge is 0.480 e. The Morgan fingerprint density at radius 1 is 1.00 bits per heavy atom. The van der Waals surface area contributed by atoms with Crippen LogP contribution in [0.4, 0.5) is 0 Å². The minimum absolute atomic E-state index is 0.0762. The van der Waals surface area contributed by atoms with E-state index in [0.29, 0.717) is 25.7 Å². The monoisotopic (exact) mass is 496 g/mol. The summed E-state index contributed by atoms with van der Waals surface area (Å²) in [6.07, 6.45) is 2.73. The summed E-state index contributed by atoms with van der Waals surface area (Å²) in [5.74, 6) is -3.41. The Morgan fingerprint density at radius 2 is 1.71 bits per heavy atom. The van der Waals surface area contributed by atoms with Crippen molar-refractivity contribution in [3.8, 4) is 0 Å². The molecule has 2 aliphatic heterocycles. The van der Waals surface area contributed by atoms with Crippen LogP contribution in [0.2, 0.25) is 0 Å². The molecule has 2 heterocycles. The smallest absolute Gasteiger partial charge is 0.326 e. The molecular formula is C21H36N8O6. The van der Waals surface area contributed by atoms with E-state index in [1.165, 1.54) is 4.90 Å². The summed E-state index contributed by atoms with van der Waals surface area (Å²) in [5.41, 5.74) is 15.8. The number of carboxylic acid groups (broad SMARTS) is 1. The number of hydrogen-bond donors (Lipinski definition) is 7. The van der Waals surface area contributed by atoms with Gasteiger partial charge in [-0.05, 0) is 51.5 Å². The molecule has 35 heavy (non-hydrogen) atoms. The number of rotatable bonds is 13. The number of aliphatic carboxylic acids is 1. The van der Waals surface area contributed by atoms with E-state index in [9.17, 15) is 29.1 Å². The molecule has 2 aliphatic rings. The lowest BCUT2D eigenvalue weighted by molar-refractivity contribution is -0.145. The first-order valence-electron chi connectivity index (χ1n) is 11.8. The third-order valence-electron chi connectivity index (χ3n) is 6.07. The van der Waals surface area contributed by atoms with Gasteiger partial charge in [-0.1, -0.05) is 0 Å². The first-order chi connectivity index (χ1) is 16.6. The van der Waals surface area contributed by atoms with Gasteiger partial charge in [0.25, 0.3) is 0 Å². The highest BCUT2D eigenvalue weighted by Crippen LogP contribution is 2.20. The highest BCUT2D eigenvalue weighted by atomic mass is 16.4. The van der Waals surface area contributed by atoms with Crippen LogP contribution in [0.25, 0.3) is 0 Å². The highest BCUT2D eigenvalue weighted by Gasteiger charge is 2.39. The van der Waals surface area contributed by atoms with Crippen molar-refractivity contribution in [3.05, 3.63) is 0 Å². The summed E-state index contributed by atoms with van der Waals surface area (Å²) < 4.78 is 0. The molecule has 0 aromatic heterocycles. The molecule has 2 fully saturated rings. The summed E-state index contributed by atoms with van der Waals surface area (Å²) >= 11 is 0. The maximum absolute atomic E-state index is 13.4. The number of guanidine groups is 1. The Kier molecular flexibility index (Phi) is 10.7. The van der Waals surface area contributed by atoms with Gasteiger partial charge in [0.15, 0.2) is 5.96 Å². The van der Waals surface area contributed by atoms with Crippen molar-refractivity contribution in [1.82, 2.24) is 20.9 Å². The van der Waals surface area contributed by atoms with Crippen LogP contribution >= 0.6 is 0 Å². The van der Waals surface area contributed by atoms with Crippen LogP contribution in [0.3, 0.4) is 0 Å². The van der Waals surface area contributed by atoms with Crippen molar-refractivity contribution in [1.29, 1.82) is 0 Å². The van der Waals surface area contributed by atoms with Gasteiger partial charge in [0.2, 0.25) is 23.6 Å². The molecule has 0 aromatic rings. The van der Waals surface area contributed by atoms with Crippen molar-refractivity contribution < 1.29 is 29.1 Å². The predicted octanol–water partition coefficient (Wildman–Crippen LogP) is -2.90. The van der Waals surface area contributed by atoms with Gasteiger partial charge in [-0.2, -0.15) is 0 Å². The van der Waals surface area contributed by atoms with Crippen molar-refractivity contribution in [3.63, 3.8) is 0 Å². The molecule has 14 heteroatoms. The molecule has 4 amide bonds. The molecule has 4 atom stereocenters. The minimum Gasteiger partial charge on any atom is -0.480 e. The van der Waals surface area contributed by atoms with Crippen LogP contribution in [-0.4, -0.2) is 89.4 Å². The maximum atomic E-state index is 13.4. The second kappa shape index (κ2) is 13.5. The lowest BCUT2D eigenvalue weighted by Crippen LogP contribution is -2.56. The van der Waals surface area contributed by atoms with Crippen LogP contribution in [0, 0.1) is 0 Å². The van der Waals surface area contributed by atoms with Gasteiger partial charge >= 0.3 is 5.97 Å². The van der Waals surface area contributed by atoms with Crippen molar-refractivity contribution in [2.24, 2.45) is 22.2 Å². The number of hydrogen-bond acceptors (Lipinski definition) is 7. The van der Waals surface area contributed by atoms with Gasteiger partial charge in [-0.3, -0.25) is 24.2 Å². The Hall–Kier alpha value is -3.42. The fourth-order valence-corrected chi connectivity index (χ4v) is 4.26. The fourth-order valence-electron chi connectivity index (χ4n) is 4.26. The van der Waals surface area contributed by atoms with Crippen molar-refractivity contribution in [2.45, 2.75) is 75.5 Å². The second-order valence-corrected chi connectivity index (χ2v) is 8.75. The molecule has 10 N–H and O–H groups in total. The van der Waals surface area contributed by atoms with E-state index in [1.54, 1.807) is 0 Å². The lowest BCUT2D eigenvalue weighted by atomic mass is 10.1. The third-order valence-corrected chi connectivity index (χ3v) is 6.07. The molecule has 0 spiro atoms. The van der Waals surface area contributed by atoms with Gasteiger partial charge in [0, 0.05) is 19.5 Å². The SMILES string of the molecule is NC(=O)CCC(NC(=O)C1CCCN1C(=O)C(CCCN=C(N)N)NC(=O)C1CCCN1)C(=O)O. The topological polar surface area (TPSA) is 235 Å². The summed E-state index contributed by atoms with van der Waals surface area (Å²) in [6, 6.07) is -3.48. The number of carbonyl (C=O) groups is 5. The molecule has 14 nitrogen and oxygen atoms in total. The Morgan fingerprint density at radius 3 is 2.31 bits per heavy atom.